The number of hydrogen-bond donors (Lipinski definition) is 1. The number of aromatic nitrogens is 4. The molecule has 1 amide bonds. The molecule has 0 spiro atoms. The first-order valence-electron chi connectivity index (χ1n) is 12.5. The predicted molar refractivity (Wildman–Crippen MR) is 139 cm³/mol. The van der Waals surface area contributed by atoms with Crippen LogP contribution in [0.2, 0.25) is 0 Å². The number of ether oxygens (including phenoxy) is 2. The third-order valence-corrected chi connectivity index (χ3v) is 7.03. The highest BCUT2D eigenvalue weighted by Crippen LogP contribution is 2.38. The summed E-state index contributed by atoms with van der Waals surface area (Å²) in [6.07, 6.45) is 3.36. The van der Waals surface area contributed by atoms with Gasteiger partial charge in [-0.05, 0) is 48.8 Å². The summed E-state index contributed by atoms with van der Waals surface area (Å²) in [6.45, 7) is 9.47. The van der Waals surface area contributed by atoms with Gasteiger partial charge in [0.2, 0.25) is 5.91 Å². The molecule has 4 aromatic rings. The van der Waals surface area contributed by atoms with Gasteiger partial charge >= 0.3 is 0 Å². The molecule has 0 aliphatic carbocycles. The van der Waals surface area contributed by atoms with Crippen LogP contribution < -0.4 is 4.74 Å². The molecule has 1 saturated heterocycles. The van der Waals surface area contributed by atoms with E-state index in [0.717, 1.165) is 34.3 Å². The van der Waals surface area contributed by atoms with E-state index < -0.39 is 0 Å². The van der Waals surface area contributed by atoms with Crippen LogP contribution in [0, 0.1) is 0 Å². The van der Waals surface area contributed by atoms with Gasteiger partial charge in [-0.3, -0.25) is 9.69 Å². The molecule has 1 N–H and O–H groups in total. The van der Waals surface area contributed by atoms with Gasteiger partial charge in [0, 0.05) is 29.2 Å². The highest BCUT2D eigenvalue weighted by atomic mass is 16.5. The van der Waals surface area contributed by atoms with Gasteiger partial charge in [-0.15, -0.1) is 0 Å². The number of methoxy groups -OCH3 is 1. The summed E-state index contributed by atoms with van der Waals surface area (Å²) in [5, 5.41) is 5.48. The lowest BCUT2D eigenvalue weighted by Gasteiger charge is -2.34. The molecule has 4 heterocycles. The number of H-pyrrole nitrogens is 1. The van der Waals surface area contributed by atoms with E-state index in [1.807, 2.05) is 29.1 Å². The van der Waals surface area contributed by atoms with Gasteiger partial charge in [0.1, 0.15) is 12.4 Å². The molecule has 0 bridgehead atoms. The van der Waals surface area contributed by atoms with Crippen molar-refractivity contribution >= 4 is 22.5 Å². The van der Waals surface area contributed by atoms with Gasteiger partial charge in [-0.25, -0.2) is 9.50 Å². The van der Waals surface area contributed by atoms with Gasteiger partial charge in [0.05, 0.1) is 32.5 Å². The van der Waals surface area contributed by atoms with Crippen LogP contribution in [0.1, 0.15) is 43.9 Å². The van der Waals surface area contributed by atoms with Crippen molar-refractivity contribution in [3.8, 4) is 17.0 Å². The Morgan fingerprint density at radius 3 is 2.92 bits per heavy atom. The average Bonchev–Trinajstić information content (AvgIpc) is 3.52. The fraction of sp³-hybridized carbons (Fsp3) is 0.444. The van der Waals surface area contributed by atoms with Crippen LogP contribution in [-0.2, 0) is 9.53 Å². The van der Waals surface area contributed by atoms with Crippen LogP contribution in [-0.4, -0.2) is 82.2 Å². The summed E-state index contributed by atoms with van der Waals surface area (Å²) >= 11 is 0. The largest absolute Gasteiger partial charge is 0.493 e. The summed E-state index contributed by atoms with van der Waals surface area (Å²) < 4.78 is 13.5. The first-order chi connectivity index (χ1) is 17.4. The molecule has 1 aromatic carbocycles. The Kier molecular flexibility index (Phi) is 6.68. The summed E-state index contributed by atoms with van der Waals surface area (Å²) in [4.78, 5) is 24.7. The molecule has 0 radical (unpaired) electrons. The summed E-state index contributed by atoms with van der Waals surface area (Å²) in [5.74, 6) is 1.10. The van der Waals surface area contributed by atoms with Crippen LogP contribution in [0.5, 0.6) is 5.75 Å². The number of likely N-dealkylation sites (N-methyl/N-ethyl adjacent to an activating group) is 1. The number of morpholine rings is 1. The number of carbonyl (C=O) groups is 1. The zero-order valence-electron chi connectivity index (χ0n) is 21.6. The molecule has 0 saturated carbocycles. The predicted octanol–water partition coefficient (Wildman–Crippen LogP) is 3.86. The number of carbonyl (C=O) groups excluding carboxylic acids is 1. The molecular weight excluding hydrogens is 456 g/mol. The molecule has 1 atom stereocenters. The smallest absolute Gasteiger partial charge is 0.236 e. The van der Waals surface area contributed by atoms with Crippen LogP contribution >= 0.6 is 0 Å². The Balaban J connectivity index is 1.51. The Morgan fingerprint density at radius 2 is 2.17 bits per heavy atom. The molecule has 1 fully saturated rings. The Bertz CT molecular complexity index is 1390. The SMILES string of the molecule is CCN(C)CC(=O)N1CCOC(c2ccc3[nH]c(-c4cc(OC)c5ncnn5c4)c(C(C)C)c3c2)C1. The molecule has 1 aliphatic heterocycles. The highest BCUT2D eigenvalue weighted by Gasteiger charge is 2.27. The third-order valence-electron chi connectivity index (χ3n) is 7.03. The van der Waals surface area contributed by atoms with Crippen molar-refractivity contribution in [2.75, 3.05) is 46.9 Å². The number of aromatic amines is 1. The van der Waals surface area contributed by atoms with E-state index in [9.17, 15) is 4.79 Å². The lowest BCUT2D eigenvalue weighted by atomic mass is 9.95. The van der Waals surface area contributed by atoms with Crippen molar-refractivity contribution in [3.63, 3.8) is 0 Å². The van der Waals surface area contributed by atoms with E-state index in [0.29, 0.717) is 37.6 Å². The maximum Gasteiger partial charge on any atom is 0.236 e. The van der Waals surface area contributed by atoms with E-state index in [1.54, 1.807) is 11.6 Å². The first-order valence-corrected chi connectivity index (χ1v) is 12.5. The standard InChI is InChI=1S/C27H34N6O3/c1-6-31(4)15-24(34)32-9-10-36-23(14-32)18-7-8-21-20(11-18)25(17(2)3)26(30-21)19-12-22(35-5)27-28-16-29-33(27)13-19/h7-8,11-13,16-17,23,30H,6,9-10,14-15H2,1-5H3. The number of nitrogens with zero attached hydrogens (tertiary/aromatic N) is 5. The van der Waals surface area contributed by atoms with Gasteiger partial charge in [0.25, 0.3) is 0 Å². The lowest BCUT2D eigenvalue weighted by Crippen LogP contribution is -2.46. The number of nitrogens with one attached hydrogen (secondary N) is 1. The minimum absolute atomic E-state index is 0.149. The quantitative estimate of drug-likeness (QED) is 0.423. The van der Waals surface area contributed by atoms with Gasteiger partial charge in [-0.1, -0.05) is 26.8 Å². The monoisotopic (exact) mass is 490 g/mol. The summed E-state index contributed by atoms with van der Waals surface area (Å²) in [7, 11) is 3.62. The lowest BCUT2D eigenvalue weighted by molar-refractivity contribution is -0.139. The number of benzene rings is 1. The van der Waals surface area contributed by atoms with Crippen molar-refractivity contribution < 1.29 is 14.3 Å². The summed E-state index contributed by atoms with van der Waals surface area (Å²) in [6, 6.07) is 8.43. The van der Waals surface area contributed by atoms with Crippen molar-refractivity contribution in [2.24, 2.45) is 0 Å². The molecule has 1 unspecified atom stereocenters. The number of amides is 1. The molecule has 190 valence electrons. The third kappa shape index (κ3) is 4.44. The molecule has 1 aliphatic rings. The molecular formula is C27H34N6O3. The maximum atomic E-state index is 12.8. The zero-order chi connectivity index (χ0) is 25.4. The van der Waals surface area contributed by atoms with Crippen LogP contribution in [0.15, 0.2) is 36.8 Å². The molecule has 36 heavy (non-hydrogen) atoms. The topological polar surface area (TPSA) is 88.0 Å². The first kappa shape index (κ1) is 24.3. The fourth-order valence-corrected chi connectivity index (χ4v) is 4.96. The van der Waals surface area contributed by atoms with E-state index in [4.69, 9.17) is 9.47 Å². The average molecular weight is 491 g/mol. The van der Waals surface area contributed by atoms with Crippen molar-refractivity contribution in [1.82, 2.24) is 29.4 Å². The Morgan fingerprint density at radius 1 is 1.33 bits per heavy atom. The second-order valence-electron chi connectivity index (χ2n) is 9.73. The second kappa shape index (κ2) is 9.91. The molecule has 5 rings (SSSR count). The van der Waals surface area contributed by atoms with Crippen molar-refractivity contribution in [1.29, 1.82) is 0 Å². The van der Waals surface area contributed by atoms with Gasteiger partial charge in [0.15, 0.2) is 11.4 Å². The minimum Gasteiger partial charge on any atom is -0.493 e. The van der Waals surface area contributed by atoms with Crippen LogP contribution in [0.3, 0.4) is 0 Å². The van der Waals surface area contributed by atoms with E-state index in [1.165, 1.54) is 11.9 Å². The number of pyridine rings is 1. The number of fused-ring (bicyclic) bond motifs is 2. The van der Waals surface area contributed by atoms with Gasteiger partial charge < -0.3 is 19.4 Å². The Labute approximate surface area is 211 Å². The summed E-state index contributed by atoms with van der Waals surface area (Å²) in [5.41, 5.74) is 6.07. The van der Waals surface area contributed by atoms with E-state index in [-0.39, 0.29) is 17.9 Å². The zero-order valence-corrected chi connectivity index (χ0v) is 21.6. The van der Waals surface area contributed by atoms with E-state index >= 15 is 0 Å². The molecule has 9 heteroatoms. The fourth-order valence-electron chi connectivity index (χ4n) is 4.96. The number of rotatable bonds is 7. The number of hydrogen-bond acceptors (Lipinski definition) is 6. The van der Waals surface area contributed by atoms with Crippen molar-refractivity contribution in [2.45, 2.75) is 32.8 Å². The Hall–Kier alpha value is -3.43. The molecule has 9 nitrogen and oxygen atoms in total. The second-order valence-corrected chi connectivity index (χ2v) is 9.73. The van der Waals surface area contributed by atoms with Crippen molar-refractivity contribution in [3.05, 3.63) is 47.9 Å². The highest BCUT2D eigenvalue weighted by molar-refractivity contribution is 5.92. The van der Waals surface area contributed by atoms with Crippen LogP contribution in [0.4, 0.5) is 0 Å². The molecule has 3 aromatic heterocycles. The van der Waals surface area contributed by atoms with Gasteiger partial charge in [-0.2, -0.15) is 5.10 Å². The van der Waals surface area contributed by atoms with Crippen LogP contribution in [0.25, 0.3) is 27.8 Å². The van der Waals surface area contributed by atoms with E-state index in [2.05, 4.69) is 54.0 Å². The maximum absolute atomic E-state index is 12.8. The minimum atomic E-state index is -0.149. The normalized spacial score (nSPS) is 16.5.